The van der Waals surface area contributed by atoms with Crippen molar-refractivity contribution in [2.75, 3.05) is 0 Å². The average molecular weight is 399 g/mol. The minimum Gasteiger partial charge on any atom is -0.451 e. The Morgan fingerprint density at radius 2 is 1.44 bits per heavy atom. The zero-order chi connectivity index (χ0) is 20.9. The Morgan fingerprint density at radius 1 is 0.963 bits per heavy atom. The molecule has 0 aliphatic rings. The van der Waals surface area contributed by atoms with E-state index in [1.165, 1.54) is 26.0 Å². The lowest BCUT2D eigenvalue weighted by Gasteiger charge is -2.33. The SMILES string of the molecule is Cc1ccc(S(=O)(=O)N[C@@H](C)C(=O)OC(C)C(=O)N(C(C)C)C(C)C)cc1. The van der Waals surface area contributed by atoms with Crippen LogP contribution < -0.4 is 4.72 Å². The van der Waals surface area contributed by atoms with Gasteiger partial charge in [-0.05, 0) is 60.6 Å². The minimum absolute atomic E-state index is 0.0453. The molecule has 0 spiro atoms. The van der Waals surface area contributed by atoms with Crippen LogP contribution in [0.1, 0.15) is 47.1 Å². The molecular formula is C19H30N2O5S. The summed E-state index contributed by atoms with van der Waals surface area (Å²) >= 11 is 0. The number of rotatable bonds is 8. The first kappa shape index (κ1) is 23.1. The number of nitrogens with one attached hydrogen (secondary N) is 1. The quantitative estimate of drug-likeness (QED) is 0.678. The van der Waals surface area contributed by atoms with Crippen LogP contribution in [0.2, 0.25) is 0 Å². The molecule has 8 heteroatoms. The van der Waals surface area contributed by atoms with Crippen LogP contribution in [0.15, 0.2) is 29.2 Å². The highest BCUT2D eigenvalue weighted by Crippen LogP contribution is 2.13. The molecule has 27 heavy (non-hydrogen) atoms. The molecular weight excluding hydrogens is 368 g/mol. The predicted octanol–water partition coefficient (Wildman–Crippen LogP) is 2.24. The number of carbonyl (C=O) groups excluding carboxylic acids is 2. The molecule has 0 aliphatic heterocycles. The third-order valence-electron chi connectivity index (χ3n) is 4.02. The number of ether oxygens (including phenoxy) is 1. The summed E-state index contributed by atoms with van der Waals surface area (Å²) < 4.78 is 32.2. The molecule has 1 N–H and O–H groups in total. The van der Waals surface area contributed by atoms with E-state index in [-0.39, 0.29) is 22.9 Å². The molecule has 1 amide bonds. The van der Waals surface area contributed by atoms with E-state index in [4.69, 9.17) is 4.74 Å². The maximum absolute atomic E-state index is 12.5. The molecule has 0 fully saturated rings. The van der Waals surface area contributed by atoms with Gasteiger partial charge in [0.1, 0.15) is 6.04 Å². The Kier molecular flexibility index (Phi) is 7.98. The molecule has 0 aliphatic carbocycles. The number of nitrogens with zero attached hydrogens (tertiary/aromatic N) is 1. The second-order valence-corrected chi connectivity index (χ2v) is 8.88. The highest BCUT2D eigenvalue weighted by molar-refractivity contribution is 7.89. The van der Waals surface area contributed by atoms with Crippen LogP contribution in [0.5, 0.6) is 0 Å². The monoisotopic (exact) mass is 398 g/mol. The standard InChI is InChI=1S/C19H30N2O5S/c1-12(2)21(13(3)4)18(22)16(7)26-19(23)15(6)20-27(24,25)17-10-8-14(5)9-11-17/h8-13,15-16,20H,1-7H3/t15-,16?/m0/s1. The van der Waals surface area contributed by atoms with Gasteiger partial charge in [-0.1, -0.05) is 17.7 Å². The topological polar surface area (TPSA) is 92.8 Å². The third-order valence-corrected chi connectivity index (χ3v) is 5.58. The van der Waals surface area contributed by atoms with Crippen molar-refractivity contribution in [2.45, 2.75) is 77.6 Å². The normalized spacial score (nSPS) is 14.1. The van der Waals surface area contributed by atoms with Crippen molar-refractivity contribution in [3.63, 3.8) is 0 Å². The molecule has 7 nitrogen and oxygen atoms in total. The van der Waals surface area contributed by atoms with Crippen molar-refractivity contribution in [3.05, 3.63) is 29.8 Å². The summed E-state index contributed by atoms with van der Waals surface area (Å²) in [5.74, 6) is -1.12. The Morgan fingerprint density at radius 3 is 1.89 bits per heavy atom. The van der Waals surface area contributed by atoms with E-state index in [9.17, 15) is 18.0 Å². The molecule has 1 aromatic carbocycles. The van der Waals surface area contributed by atoms with Crippen LogP contribution in [-0.4, -0.2) is 49.4 Å². The molecule has 2 atom stereocenters. The van der Waals surface area contributed by atoms with Gasteiger partial charge in [-0.15, -0.1) is 0 Å². The Bertz CT molecular complexity index is 749. The third kappa shape index (κ3) is 6.32. The van der Waals surface area contributed by atoms with Crippen LogP contribution in [0, 0.1) is 6.92 Å². The van der Waals surface area contributed by atoms with Crippen molar-refractivity contribution in [1.29, 1.82) is 0 Å². The smallest absolute Gasteiger partial charge is 0.324 e. The van der Waals surface area contributed by atoms with E-state index in [2.05, 4.69) is 4.72 Å². The number of esters is 1. The van der Waals surface area contributed by atoms with Gasteiger partial charge >= 0.3 is 5.97 Å². The van der Waals surface area contributed by atoms with E-state index < -0.39 is 28.1 Å². The number of amides is 1. The molecule has 152 valence electrons. The van der Waals surface area contributed by atoms with E-state index >= 15 is 0 Å². The lowest BCUT2D eigenvalue weighted by atomic mass is 10.2. The Balaban J connectivity index is 2.78. The molecule has 0 saturated carbocycles. The summed E-state index contributed by atoms with van der Waals surface area (Å²) in [6, 6.07) is 5.05. The summed E-state index contributed by atoms with van der Waals surface area (Å²) in [5, 5.41) is 0. The first-order valence-corrected chi connectivity index (χ1v) is 10.5. The lowest BCUT2D eigenvalue weighted by Crippen LogP contribution is -2.49. The van der Waals surface area contributed by atoms with Crippen LogP contribution in [0.3, 0.4) is 0 Å². The van der Waals surface area contributed by atoms with Gasteiger partial charge in [-0.2, -0.15) is 4.72 Å². The summed E-state index contributed by atoms with van der Waals surface area (Å²) in [6.07, 6.45) is -1.01. The van der Waals surface area contributed by atoms with Gasteiger partial charge in [0.05, 0.1) is 4.90 Å². The van der Waals surface area contributed by atoms with Crippen molar-refractivity contribution in [3.8, 4) is 0 Å². The highest BCUT2D eigenvalue weighted by Gasteiger charge is 2.30. The average Bonchev–Trinajstić information content (AvgIpc) is 2.53. The number of hydrogen-bond acceptors (Lipinski definition) is 5. The van der Waals surface area contributed by atoms with Crippen LogP contribution in [0.4, 0.5) is 0 Å². The molecule has 1 aromatic rings. The predicted molar refractivity (Wildman–Crippen MR) is 104 cm³/mol. The minimum atomic E-state index is -3.87. The number of aryl methyl sites for hydroxylation is 1. The van der Waals surface area contributed by atoms with Gasteiger partial charge in [-0.25, -0.2) is 8.42 Å². The molecule has 1 rings (SSSR count). The van der Waals surface area contributed by atoms with E-state index in [0.29, 0.717) is 0 Å². The van der Waals surface area contributed by atoms with E-state index in [1.807, 2.05) is 34.6 Å². The van der Waals surface area contributed by atoms with Crippen molar-refractivity contribution >= 4 is 21.9 Å². The molecule has 0 aromatic heterocycles. The van der Waals surface area contributed by atoms with E-state index in [0.717, 1.165) is 5.56 Å². The summed E-state index contributed by atoms with van der Waals surface area (Å²) in [4.78, 5) is 26.5. The van der Waals surface area contributed by atoms with E-state index in [1.54, 1.807) is 17.0 Å². The van der Waals surface area contributed by atoms with Crippen molar-refractivity contribution < 1.29 is 22.7 Å². The summed E-state index contributed by atoms with van der Waals surface area (Å²) in [6.45, 7) is 12.2. The number of sulfonamides is 1. The Hall–Kier alpha value is -1.93. The van der Waals surface area contributed by atoms with Gasteiger partial charge < -0.3 is 9.64 Å². The van der Waals surface area contributed by atoms with Crippen LogP contribution in [-0.2, 0) is 24.3 Å². The fraction of sp³-hybridized carbons (Fsp3) is 0.579. The number of benzene rings is 1. The zero-order valence-corrected chi connectivity index (χ0v) is 17.8. The first-order chi connectivity index (χ1) is 12.4. The van der Waals surface area contributed by atoms with Crippen molar-refractivity contribution in [2.24, 2.45) is 0 Å². The van der Waals surface area contributed by atoms with Crippen LogP contribution in [0.25, 0.3) is 0 Å². The summed E-state index contributed by atoms with van der Waals surface area (Å²) in [7, 11) is -3.87. The highest BCUT2D eigenvalue weighted by atomic mass is 32.2. The molecule has 1 unspecified atom stereocenters. The maximum Gasteiger partial charge on any atom is 0.324 e. The van der Waals surface area contributed by atoms with Gasteiger partial charge in [0.15, 0.2) is 6.10 Å². The fourth-order valence-electron chi connectivity index (χ4n) is 2.71. The molecule has 0 heterocycles. The first-order valence-electron chi connectivity index (χ1n) is 8.98. The molecule has 0 saturated heterocycles. The number of carbonyl (C=O) groups is 2. The molecule has 0 radical (unpaired) electrons. The Labute approximate surface area is 162 Å². The van der Waals surface area contributed by atoms with Gasteiger partial charge in [0, 0.05) is 12.1 Å². The molecule has 0 bridgehead atoms. The van der Waals surface area contributed by atoms with Crippen molar-refractivity contribution in [1.82, 2.24) is 9.62 Å². The second-order valence-electron chi connectivity index (χ2n) is 7.17. The van der Waals surface area contributed by atoms with Gasteiger partial charge in [0.2, 0.25) is 10.0 Å². The zero-order valence-electron chi connectivity index (χ0n) is 17.0. The largest absolute Gasteiger partial charge is 0.451 e. The van der Waals surface area contributed by atoms with Gasteiger partial charge in [-0.3, -0.25) is 9.59 Å². The van der Waals surface area contributed by atoms with Crippen LogP contribution >= 0.6 is 0 Å². The lowest BCUT2D eigenvalue weighted by molar-refractivity contribution is -0.161. The fourth-order valence-corrected chi connectivity index (χ4v) is 3.90. The maximum atomic E-state index is 12.5. The second kappa shape index (κ2) is 9.32. The number of hydrogen-bond donors (Lipinski definition) is 1. The van der Waals surface area contributed by atoms with Gasteiger partial charge in [0.25, 0.3) is 5.91 Å². The summed E-state index contributed by atoms with van der Waals surface area (Å²) in [5.41, 5.74) is 0.925.